The summed E-state index contributed by atoms with van der Waals surface area (Å²) in [4.78, 5) is 29.8. The number of aromatic nitrogens is 3. The molecule has 0 spiro atoms. The largest absolute Gasteiger partial charge is 0.350 e. The highest BCUT2D eigenvalue weighted by atomic mass is 16.2. The Morgan fingerprint density at radius 3 is 2.38 bits per heavy atom. The maximum atomic E-state index is 12.9. The van der Waals surface area contributed by atoms with Crippen LogP contribution < -0.4 is 10.9 Å². The number of hydrogen-bond donors (Lipinski definition) is 1. The summed E-state index contributed by atoms with van der Waals surface area (Å²) >= 11 is 0. The van der Waals surface area contributed by atoms with Crippen molar-refractivity contribution in [1.82, 2.24) is 20.1 Å². The molecule has 3 aromatic rings. The molecular formula is C23H28N4O2. The van der Waals surface area contributed by atoms with Gasteiger partial charge in [-0.25, -0.2) is 4.68 Å². The molecule has 0 aliphatic rings. The summed E-state index contributed by atoms with van der Waals surface area (Å²) < 4.78 is 1.43. The number of nitrogens with zero attached hydrogens (tertiary/aromatic N) is 3. The highest BCUT2D eigenvalue weighted by Crippen LogP contribution is 2.16. The Bertz CT molecular complexity index is 1010. The quantitative estimate of drug-likeness (QED) is 0.603. The number of benzene rings is 1. The Hall–Kier alpha value is -3.02. The van der Waals surface area contributed by atoms with Gasteiger partial charge in [0.25, 0.3) is 5.56 Å². The molecule has 6 heteroatoms. The molecule has 0 radical (unpaired) electrons. The zero-order valence-electron chi connectivity index (χ0n) is 17.1. The Labute approximate surface area is 171 Å². The molecule has 0 aliphatic heterocycles. The van der Waals surface area contributed by atoms with Crippen LogP contribution in [0.5, 0.6) is 0 Å². The summed E-state index contributed by atoms with van der Waals surface area (Å²) in [5.41, 5.74) is 1.30. The predicted molar refractivity (Wildman–Crippen MR) is 114 cm³/mol. The van der Waals surface area contributed by atoms with Crippen LogP contribution in [-0.2, 0) is 17.9 Å². The van der Waals surface area contributed by atoms with Crippen molar-refractivity contribution in [3.05, 3.63) is 70.4 Å². The third-order valence-corrected chi connectivity index (χ3v) is 5.06. The molecule has 1 aromatic carbocycles. The van der Waals surface area contributed by atoms with Crippen molar-refractivity contribution in [2.75, 3.05) is 0 Å². The zero-order chi connectivity index (χ0) is 20.6. The van der Waals surface area contributed by atoms with E-state index in [0.29, 0.717) is 24.2 Å². The summed E-state index contributed by atoms with van der Waals surface area (Å²) in [6, 6.07) is 13.0. The van der Waals surface area contributed by atoms with E-state index in [-0.39, 0.29) is 17.4 Å². The van der Waals surface area contributed by atoms with Crippen molar-refractivity contribution in [2.45, 2.75) is 52.6 Å². The van der Waals surface area contributed by atoms with E-state index < -0.39 is 0 Å². The van der Waals surface area contributed by atoms with Crippen molar-refractivity contribution in [3.8, 4) is 0 Å². The number of carbonyl (C=O) groups is 1. The van der Waals surface area contributed by atoms with E-state index in [1.165, 1.54) is 4.68 Å². The lowest BCUT2D eigenvalue weighted by molar-refractivity contribution is -0.125. The standard InChI is InChI=1S/C23H28N4O2/c1-3-9-17(10-4-2)22(28)25-15-21-19-12-5-6-13-20(19)23(29)27(26-21)16-18-11-7-8-14-24-18/h5-8,11-14,17H,3-4,9-10,15-16H2,1-2H3,(H,25,28). The average Bonchev–Trinajstić information content (AvgIpc) is 2.75. The molecule has 1 N–H and O–H groups in total. The topological polar surface area (TPSA) is 76.9 Å². The number of amides is 1. The highest BCUT2D eigenvalue weighted by Gasteiger charge is 2.18. The molecule has 0 atom stereocenters. The average molecular weight is 393 g/mol. The fraction of sp³-hybridized carbons (Fsp3) is 0.391. The third kappa shape index (κ3) is 5.08. The number of fused-ring (bicyclic) bond motifs is 1. The van der Waals surface area contributed by atoms with Crippen molar-refractivity contribution in [1.29, 1.82) is 0 Å². The van der Waals surface area contributed by atoms with E-state index in [4.69, 9.17) is 0 Å². The molecule has 0 fully saturated rings. The Morgan fingerprint density at radius 1 is 1.03 bits per heavy atom. The maximum Gasteiger partial charge on any atom is 0.275 e. The van der Waals surface area contributed by atoms with E-state index in [2.05, 4.69) is 29.2 Å². The predicted octanol–water partition coefficient (Wildman–Crippen LogP) is 3.67. The number of nitrogens with one attached hydrogen (secondary N) is 1. The number of carbonyl (C=O) groups excluding carboxylic acids is 1. The maximum absolute atomic E-state index is 12.9. The van der Waals surface area contributed by atoms with Gasteiger partial charge in [0.05, 0.1) is 29.9 Å². The molecule has 6 nitrogen and oxygen atoms in total. The van der Waals surface area contributed by atoms with Crippen LogP contribution in [0.2, 0.25) is 0 Å². The van der Waals surface area contributed by atoms with Gasteiger partial charge >= 0.3 is 0 Å². The molecule has 0 bridgehead atoms. The summed E-state index contributed by atoms with van der Waals surface area (Å²) in [5, 5.41) is 8.98. The Kier molecular flexibility index (Phi) is 7.11. The van der Waals surface area contributed by atoms with E-state index in [1.807, 2.05) is 36.4 Å². The van der Waals surface area contributed by atoms with Gasteiger partial charge in [-0.2, -0.15) is 5.10 Å². The van der Waals surface area contributed by atoms with Gasteiger partial charge in [-0.15, -0.1) is 0 Å². The van der Waals surface area contributed by atoms with Gasteiger partial charge in [0, 0.05) is 17.5 Å². The molecule has 1 amide bonds. The van der Waals surface area contributed by atoms with Crippen LogP contribution in [0, 0.1) is 5.92 Å². The molecule has 0 saturated heterocycles. The van der Waals surface area contributed by atoms with Gasteiger partial charge in [-0.3, -0.25) is 14.6 Å². The van der Waals surface area contributed by atoms with E-state index >= 15 is 0 Å². The van der Waals surface area contributed by atoms with Gasteiger partial charge in [-0.05, 0) is 31.0 Å². The molecule has 152 valence electrons. The van der Waals surface area contributed by atoms with Crippen LogP contribution in [0.15, 0.2) is 53.5 Å². The van der Waals surface area contributed by atoms with Crippen LogP contribution in [-0.4, -0.2) is 20.7 Å². The highest BCUT2D eigenvalue weighted by molar-refractivity contribution is 5.84. The Balaban J connectivity index is 1.89. The molecular weight excluding hydrogens is 364 g/mol. The monoisotopic (exact) mass is 392 g/mol. The zero-order valence-corrected chi connectivity index (χ0v) is 17.1. The van der Waals surface area contributed by atoms with E-state index in [0.717, 1.165) is 36.8 Å². The van der Waals surface area contributed by atoms with E-state index in [1.54, 1.807) is 12.3 Å². The first-order chi connectivity index (χ1) is 14.1. The third-order valence-electron chi connectivity index (χ3n) is 5.06. The SMILES string of the molecule is CCCC(CCC)C(=O)NCc1nn(Cc2ccccn2)c(=O)c2ccccc12. The fourth-order valence-corrected chi connectivity index (χ4v) is 3.61. The molecule has 2 aromatic heterocycles. The lowest BCUT2D eigenvalue weighted by atomic mass is 9.97. The van der Waals surface area contributed by atoms with Crippen molar-refractivity contribution in [2.24, 2.45) is 5.92 Å². The molecule has 0 aliphatic carbocycles. The van der Waals surface area contributed by atoms with E-state index in [9.17, 15) is 9.59 Å². The van der Waals surface area contributed by atoms with Crippen molar-refractivity contribution in [3.63, 3.8) is 0 Å². The van der Waals surface area contributed by atoms with Gasteiger partial charge < -0.3 is 5.32 Å². The molecule has 3 rings (SSSR count). The lowest BCUT2D eigenvalue weighted by Crippen LogP contribution is -2.32. The van der Waals surface area contributed by atoms with Crippen LogP contribution in [0.25, 0.3) is 10.8 Å². The van der Waals surface area contributed by atoms with Gasteiger partial charge in [0.15, 0.2) is 0 Å². The number of pyridine rings is 1. The second-order valence-electron chi connectivity index (χ2n) is 7.27. The minimum atomic E-state index is -0.156. The summed E-state index contributed by atoms with van der Waals surface area (Å²) in [5.74, 6) is 0.0812. The summed E-state index contributed by atoms with van der Waals surface area (Å²) in [6.45, 7) is 4.78. The van der Waals surface area contributed by atoms with Crippen LogP contribution >= 0.6 is 0 Å². The minimum Gasteiger partial charge on any atom is -0.350 e. The van der Waals surface area contributed by atoms with Crippen LogP contribution in [0.4, 0.5) is 0 Å². The summed E-state index contributed by atoms with van der Waals surface area (Å²) in [7, 11) is 0. The molecule has 0 unspecified atom stereocenters. The second-order valence-corrected chi connectivity index (χ2v) is 7.27. The normalized spacial score (nSPS) is 11.1. The Morgan fingerprint density at radius 2 is 1.72 bits per heavy atom. The first kappa shape index (κ1) is 20.7. The van der Waals surface area contributed by atoms with Gasteiger partial charge in [0.2, 0.25) is 5.91 Å². The molecule has 29 heavy (non-hydrogen) atoms. The lowest BCUT2D eigenvalue weighted by Gasteiger charge is -2.16. The fourth-order valence-electron chi connectivity index (χ4n) is 3.61. The number of hydrogen-bond acceptors (Lipinski definition) is 4. The molecule has 0 saturated carbocycles. The van der Waals surface area contributed by atoms with Crippen molar-refractivity contribution < 1.29 is 4.79 Å². The summed E-state index contributed by atoms with van der Waals surface area (Å²) in [6.07, 6.45) is 5.42. The van der Waals surface area contributed by atoms with Crippen LogP contribution in [0.3, 0.4) is 0 Å². The molecule has 2 heterocycles. The first-order valence-electron chi connectivity index (χ1n) is 10.3. The first-order valence-corrected chi connectivity index (χ1v) is 10.3. The van der Waals surface area contributed by atoms with Crippen LogP contribution in [0.1, 0.15) is 50.9 Å². The second kappa shape index (κ2) is 9.96. The van der Waals surface area contributed by atoms with Crippen molar-refractivity contribution >= 4 is 16.7 Å². The number of rotatable bonds is 9. The smallest absolute Gasteiger partial charge is 0.275 e. The minimum absolute atomic E-state index is 0.0238. The van der Waals surface area contributed by atoms with Gasteiger partial charge in [0.1, 0.15) is 0 Å². The van der Waals surface area contributed by atoms with Gasteiger partial charge in [-0.1, -0.05) is 51.0 Å².